The van der Waals surface area contributed by atoms with Crippen LogP contribution in [0.2, 0.25) is 0 Å². The van der Waals surface area contributed by atoms with E-state index in [1.807, 2.05) is 6.92 Å². The normalized spacial score (nSPS) is 22.2. The quantitative estimate of drug-likeness (QED) is 0.809. The fourth-order valence-electron chi connectivity index (χ4n) is 3.75. The zero-order valence-electron chi connectivity index (χ0n) is 14.4. The Morgan fingerprint density at radius 2 is 1.83 bits per heavy atom. The lowest BCUT2D eigenvalue weighted by Crippen LogP contribution is -2.92. The first-order valence-corrected chi connectivity index (χ1v) is 9.12. The molecule has 0 aromatic heterocycles. The number of nitrogens with zero attached hydrogens (tertiary/aromatic N) is 1. The first-order chi connectivity index (χ1) is 11.7. The SMILES string of the molecule is CCOc1ccc(N2C(=O)C[C@@H]([NH2+]CC3CCCCC3)C2=O)cc1. The van der Waals surface area contributed by atoms with E-state index in [9.17, 15) is 9.59 Å². The minimum absolute atomic E-state index is 0.0834. The molecule has 0 spiro atoms. The van der Waals surface area contributed by atoms with Crippen LogP contribution in [0.25, 0.3) is 0 Å². The van der Waals surface area contributed by atoms with Crippen molar-refractivity contribution >= 4 is 17.5 Å². The summed E-state index contributed by atoms with van der Waals surface area (Å²) in [4.78, 5) is 26.3. The zero-order valence-corrected chi connectivity index (χ0v) is 14.4. The number of carbonyl (C=O) groups excluding carboxylic acids is 2. The minimum atomic E-state index is -0.258. The highest BCUT2D eigenvalue weighted by Crippen LogP contribution is 2.25. The third-order valence-electron chi connectivity index (χ3n) is 5.07. The minimum Gasteiger partial charge on any atom is -0.494 e. The van der Waals surface area contributed by atoms with Crippen molar-refractivity contribution in [3.63, 3.8) is 0 Å². The Kier molecular flexibility index (Phi) is 5.51. The van der Waals surface area contributed by atoms with Gasteiger partial charge in [-0.15, -0.1) is 0 Å². The molecule has 2 aliphatic rings. The van der Waals surface area contributed by atoms with E-state index in [4.69, 9.17) is 4.74 Å². The van der Waals surface area contributed by atoms with Crippen molar-refractivity contribution in [2.24, 2.45) is 5.92 Å². The molecule has 0 radical (unpaired) electrons. The molecule has 5 nitrogen and oxygen atoms in total. The second-order valence-corrected chi connectivity index (χ2v) is 6.78. The van der Waals surface area contributed by atoms with Gasteiger partial charge in [0.25, 0.3) is 5.91 Å². The fraction of sp³-hybridized carbons (Fsp3) is 0.579. The number of ether oxygens (including phenoxy) is 1. The summed E-state index contributed by atoms with van der Waals surface area (Å²) in [5.41, 5.74) is 0.641. The van der Waals surface area contributed by atoms with Gasteiger partial charge >= 0.3 is 0 Å². The second-order valence-electron chi connectivity index (χ2n) is 6.78. The van der Waals surface area contributed by atoms with Gasteiger partial charge in [0.1, 0.15) is 5.75 Å². The molecule has 1 saturated carbocycles. The van der Waals surface area contributed by atoms with E-state index in [0.717, 1.165) is 12.3 Å². The van der Waals surface area contributed by atoms with Crippen molar-refractivity contribution in [1.29, 1.82) is 0 Å². The summed E-state index contributed by atoms with van der Waals surface area (Å²) in [6.07, 6.45) is 6.76. The Labute approximate surface area is 143 Å². The molecule has 3 rings (SSSR count). The summed E-state index contributed by atoms with van der Waals surface area (Å²) in [7, 11) is 0. The van der Waals surface area contributed by atoms with E-state index in [1.54, 1.807) is 24.3 Å². The van der Waals surface area contributed by atoms with Crippen LogP contribution in [0.15, 0.2) is 24.3 Å². The van der Waals surface area contributed by atoms with E-state index in [2.05, 4.69) is 5.32 Å². The molecule has 0 unspecified atom stereocenters. The van der Waals surface area contributed by atoms with Gasteiger partial charge < -0.3 is 10.1 Å². The molecule has 1 aliphatic carbocycles. The Balaban J connectivity index is 1.60. The smallest absolute Gasteiger partial charge is 0.292 e. The van der Waals surface area contributed by atoms with Crippen molar-refractivity contribution in [1.82, 2.24) is 0 Å². The van der Waals surface area contributed by atoms with Crippen LogP contribution < -0.4 is 15.0 Å². The largest absolute Gasteiger partial charge is 0.494 e. The number of carbonyl (C=O) groups is 2. The molecule has 130 valence electrons. The average Bonchev–Trinajstić information content (AvgIpc) is 2.89. The van der Waals surface area contributed by atoms with E-state index < -0.39 is 0 Å². The van der Waals surface area contributed by atoms with Crippen LogP contribution in [0.5, 0.6) is 5.75 Å². The maximum atomic E-state index is 12.6. The van der Waals surface area contributed by atoms with Crippen LogP contribution in [0.3, 0.4) is 0 Å². The lowest BCUT2D eigenvalue weighted by atomic mass is 9.89. The predicted octanol–water partition coefficient (Wildman–Crippen LogP) is 1.86. The summed E-state index contributed by atoms with van der Waals surface area (Å²) in [5.74, 6) is 1.26. The summed E-state index contributed by atoms with van der Waals surface area (Å²) >= 11 is 0. The Bertz CT molecular complexity index is 579. The molecule has 1 aromatic rings. The third-order valence-corrected chi connectivity index (χ3v) is 5.07. The number of hydrogen-bond acceptors (Lipinski definition) is 3. The maximum absolute atomic E-state index is 12.6. The van der Waals surface area contributed by atoms with Crippen LogP contribution in [0, 0.1) is 5.92 Å². The molecule has 24 heavy (non-hydrogen) atoms. The highest BCUT2D eigenvalue weighted by atomic mass is 16.5. The van der Waals surface area contributed by atoms with E-state index in [1.165, 1.54) is 37.0 Å². The molecule has 1 aromatic carbocycles. The van der Waals surface area contributed by atoms with E-state index in [0.29, 0.717) is 24.6 Å². The summed E-state index contributed by atoms with van der Waals surface area (Å²) < 4.78 is 5.41. The Morgan fingerprint density at radius 3 is 2.50 bits per heavy atom. The van der Waals surface area contributed by atoms with Gasteiger partial charge in [0, 0.05) is 5.92 Å². The van der Waals surface area contributed by atoms with Crippen LogP contribution in [-0.2, 0) is 9.59 Å². The van der Waals surface area contributed by atoms with Crippen molar-refractivity contribution < 1.29 is 19.6 Å². The van der Waals surface area contributed by atoms with Gasteiger partial charge in [-0.1, -0.05) is 19.3 Å². The molecule has 2 fully saturated rings. The molecular formula is C19H27N2O3+. The van der Waals surface area contributed by atoms with Crippen molar-refractivity contribution in [2.45, 2.75) is 51.5 Å². The van der Waals surface area contributed by atoms with E-state index >= 15 is 0 Å². The van der Waals surface area contributed by atoms with Crippen molar-refractivity contribution in [2.75, 3.05) is 18.1 Å². The molecule has 5 heteroatoms. The van der Waals surface area contributed by atoms with Gasteiger partial charge in [-0.3, -0.25) is 9.59 Å². The van der Waals surface area contributed by atoms with Crippen molar-refractivity contribution in [3.05, 3.63) is 24.3 Å². The number of quaternary nitrogens is 1. The number of anilines is 1. The predicted molar refractivity (Wildman–Crippen MR) is 91.9 cm³/mol. The van der Waals surface area contributed by atoms with Crippen LogP contribution in [0.1, 0.15) is 45.4 Å². The Morgan fingerprint density at radius 1 is 1.12 bits per heavy atom. The number of rotatable bonds is 6. The number of imide groups is 1. The summed E-state index contributed by atoms with van der Waals surface area (Å²) in [6.45, 7) is 3.48. The standard InChI is InChI=1S/C19H26N2O3/c1-2-24-16-10-8-15(9-11-16)21-18(22)12-17(19(21)23)20-13-14-6-4-3-5-7-14/h8-11,14,17,20H,2-7,12-13H2,1H3/p+1/t17-/m1/s1. The zero-order chi connectivity index (χ0) is 16.9. The molecular weight excluding hydrogens is 304 g/mol. The summed E-state index contributed by atoms with van der Waals surface area (Å²) in [5, 5.41) is 2.09. The van der Waals surface area contributed by atoms with Crippen LogP contribution in [-0.4, -0.2) is 31.0 Å². The Hall–Kier alpha value is -1.88. The highest BCUT2D eigenvalue weighted by molar-refractivity contribution is 6.21. The monoisotopic (exact) mass is 331 g/mol. The number of hydrogen-bond donors (Lipinski definition) is 1. The van der Waals surface area contributed by atoms with Gasteiger partial charge in [-0.05, 0) is 44.0 Å². The van der Waals surface area contributed by atoms with Gasteiger partial charge in [-0.2, -0.15) is 0 Å². The molecule has 1 heterocycles. The van der Waals surface area contributed by atoms with Gasteiger partial charge in [0.05, 0.1) is 25.3 Å². The molecule has 2 N–H and O–H groups in total. The third kappa shape index (κ3) is 3.78. The number of nitrogens with two attached hydrogens (primary N) is 1. The lowest BCUT2D eigenvalue weighted by molar-refractivity contribution is -0.680. The van der Waals surface area contributed by atoms with Crippen molar-refractivity contribution in [3.8, 4) is 5.75 Å². The highest BCUT2D eigenvalue weighted by Gasteiger charge is 2.42. The lowest BCUT2D eigenvalue weighted by Gasteiger charge is -2.21. The molecule has 0 bridgehead atoms. The second kappa shape index (κ2) is 7.79. The topological polar surface area (TPSA) is 63.2 Å². The first-order valence-electron chi connectivity index (χ1n) is 9.12. The molecule has 1 saturated heterocycles. The maximum Gasteiger partial charge on any atom is 0.292 e. The number of benzene rings is 1. The van der Waals surface area contributed by atoms with Crippen LogP contribution in [0.4, 0.5) is 5.69 Å². The summed E-state index contributed by atoms with van der Waals surface area (Å²) in [6, 6.07) is 6.91. The van der Waals surface area contributed by atoms with Crippen LogP contribution >= 0.6 is 0 Å². The first kappa shape index (κ1) is 17.0. The number of amides is 2. The molecule has 1 atom stereocenters. The fourth-order valence-corrected chi connectivity index (χ4v) is 3.75. The van der Waals surface area contributed by atoms with Gasteiger partial charge in [0.2, 0.25) is 5.91 Å². The van der Waals surface area contributed by atoms with E-state index in [-0.39, 0.29) is 17.9 Å². The van der Waals surface area contributed by atoms with Gasteiger partial charge in [0.15, 0.2) is 6.04 Å². The molecule has 2 amide bonds. The van der Waals surface area contributed by atoms with Gasteiger partial charge in [-0.25, -0.2) is 4.90 Å². The molecule has 1 aliphatic heterocycles. The average molecular weight is 331 g/mol.